The Kier molecular flexibility index (Phi) is 8.78. The summed E-state index contributed by atoms with van der Waals surface area (Å²) in [6.07, 6.45) is -3.17. The number of nitrogens with two attached hydrogens (primary N) is 1. The number of nitrogens with zero attached hydrogens (tertiary/aromatic N) is 1. The second-order valence-corrected chi connectivity index (χ2v) is 8.56. The molecule has 4 aromatic rings. The zero-order chi connectivity index (χ0) is 29.6. The van der Waals surface area contributed by atoms with Gasteiger partial charge in [0.1, 0.15) is 23.3 Å². The van der Waals surface area contributed by atoms with Gasteiger partial charge in [-0.25, -0.2) is 0 Å². The minimum Gasteiger partial charge on any atom is -0.493 e. The zero-order valence-corrected chi connectivity index (χ0v) is 21.5. The summed E-state index contributed by atoms with van der Waals surface area (Å²) in [6.45, 7) is 0.0617. The maximum Gasteiger partial charge on any atom is 0.573 e. The number of carboxylic acids is 1. The van der Waals surface area contributed by atoms with E-state index < -0.39 is 30.0 Å². The van der Waals surface area contributed by atoms with Gasteiger partial charge in [0.05, 0.1) is 19.2 Å². The predicted octanol–water partition coefficient (Wildman–Crippen LogP) is 5.37. The third kappa shape index (κ3) is 7.76. The number of amides is 1. The van der Waals surface area contributed by atoms with Crippen molar-refractivity contribution < 1.29 is 46.8 Å². The molecule has 0 aliphatic rings. The first-order chi connectivity index (χ1) is 19.5. The molecule has 0 radical (unpaired) electrons. The number of hydrogen-bond acceptors (Lipinski definition) is 8. The van der Waals surface area contributed by atoms with Gasteiger partial charge in [-0.3, -0.25) is 14.6 Å². The van der Waals surface area contributed by atoms with Gasteiger partial charge < -0.3 is 35.1 Å². The van der Waals surface area contributed by atoms with Crippen LogP contribution in [0.4, 0.5) is 18.9 Å². The van der Waals surface area contributed by atoms with Crippen molar-refractivity contribution in [2.45, 2.75) is 18.8 Å². The zero-order valence-electron chi connectivity index (χ0n) is 21.5. The first-order valence-corrected chi connectivity index (χ1v) is 12.1. The lowest BCUT2D eigenvalue weighted by atomic mass is 10.1. The summed E-state index contributed by atoms with van der Waals surface area (Å²) in [6, 6.07) is 15.0. The maximum atomic E-state index is 12.5. The average Bonchev–Trinajstić information content (AvgIpc) is 2.93. The van der Waals surface area contributed by atoms with Gasteiger partial charge >= 0.3 is 12.3 Å². The smallest absolute Gasteiger partial charge is 0.493 e. The molecular weight excluding hydrogens is 547 g/mol. The molecule has 10 nitrogen and oxygen atoms in total. The number of halogens is 3. The number of carboxylic acid groups (broad SMARTS) is 1. The highest BCUT2D eigenvalue weighted by molar-refractivity contribution is 6.04. The van der Waals surface area contributed by atoms with Gasteiger partial charge in [-0.1, -0.05) is 0 Å². The molecule has 0 spiro atoms. The van der Waals surface area contributed by atoms with Crippen LogP contribution in [0.3, 0.4) is 0 Å². The Morgan fingerprint density at radius 2 is 1.66 bits per heavy atom. The molecule has 1 amide bonds. The molecule has 41 heavy (non-hydrogen) atoms. The van der Waals surface area contributed by atoms with Gasteiger partial charge in [0, 0.05) is 35.3 Å². The van der Waals surface area contributed by atoms with Crippen LogP contribution in [0.25, 0.3) is 10.9 Å². The van der Waals surface area contributed by atoms with Gasteiger partial charge in [-0.15, -0.1) is 13.2 Å². The Bertz CT molecular complexity index is 1530. The van der Waals surface area contributed by atoms with E-state index in [1.807, 2.05) is 0 Å². The molecule has 1 atom stereocenters. The molecule has 0 saturated heterocycles. The molecule has 4 rings (SSSR count). The Labute approximate surface area is 231 Å². The fourth-order valence-corrected chi connectivity index (χ4v) is 3.65. The van der Waals surface area contributed by atoms with E-state index in [4.69, 9.17) is 25.1 Å². The summed E-state index contributed by atoms with van der Waals surface area (Å²) >= 11 is 0. The normalized spacial score (nSPS) is 11.9. The number of aromatic nitrogens is 1. The monoisotopic (exact) mass is 571 g/mol. The van der Waals surface area contributed by atoms with E-state index >= 15 is 0 Å². The summed E-state index contributed by atoms with van der Waals surface area (Å²) < 4.78 is 57.9. The number of hydrogen-bond donors (Lipinski definition) is 3. The standard InChI is InChI=1S/C28H24F3N3O7/c1-38-24-14-20-22(15-25(24)39-13-11-21(32)27(36)37)33-12-10-23(20)40-18-8-4-17(5-9-18)34-26(35)16-2-6-19(7-3-16)41-28(29,30)31/h2-10,12,14-15,21H,11,13,32H2,1H3,(H,34,35)(H,36,37). The quantitative estimate of drug-likeness (QED) is 0.217. The van der Waals surface area contributed by atoms with Crippen molar-refractivity contribution in [2.24, 2.45) is 5.73 Å². The molecule has 0 bridgehead atoms. The van der Waals surface area contributed by atoms with Crippen molar-refractivity contribution in [2.75, 3.05) is 19.0 Å². The number of rotatable bonds is 11. The van der Waals surface area contributed by atoms with E-state index in [2.05, 4.69) is 15.0 Å². The number of methoxy groups -OCH3 is 1. The van der Waals surface area contributed by atoms with Crippen LogP contribution >= 0.6 is 0 Å². The van der Waals surface area contributed by atoms with E-state index in [9.17, 15) is 22.8 Å². The average molecular weight is 572 g/mol. The van der Waals surface area contributed by atoms with Gasteiger partial charge in [-0.2, -0.15) is 0 Å². The minimum absolute atomic E-state index is 0.0617. The second kappa shape index (κ2) is 12.4. The molecule has 13 heteroatoms. The molecule has 1 aromatic heterocycles. The largest absolute Gasteiger partial charge is 0.573 e. The maximum absolute atomic E-state index is 12.5. The summed E-state index contributed by atoms with van der Waals surface area (Å²) in [7, 11) is 1.46. The molecule has 1 heterocycles. The Balaban J connectivity index is 1.43. The fraction of sp³-hybridized carbons (Fsp3) is 0.179. The van der Waals surface area contributed by atoms with Crippen LogP contribution in [-0.2, 0) is 4.79 Å². The van der Waals surface area contributed by atoms with Crippen molar-refractivity contribution >= 4 is 28.5 Å². The number of ether oxygens (including phenoxy) is 4. The van der Waals surface area contributed by atoms with E-state index in [1.54, 1.807) is 48.7 Å². The number of aliphatic carboxylic acids is 1. The lowest BCUT2D eigenvalue weighted by Crippen LogP contribution is -2.31. The molecule has 0 aliphatic carbocycles. The van der Waals surface area contributed by atoms with E-state index in [0.717, 1.165) is 12.1 Å². The van der Waals surface area contributed by atoms with Crippen LogP contribution < -0.4 is 30.0 Å². The number of nitrogens with one attached hydrogen (secondary N) is 1. The van der Waals surface area contributed by atoms with Crippen LogP contribution in [0.5, 0.6) is 28.7 Å². The lowest BCUT2D eigenvalue weighted by molar-refractivity contribution is -0.274. The molecule has 0 aliphatic heterocycles. The summed E-state index contributed by atoms with van der Waals surface area (Å²) in [5.74, 6) is -0.406. The number of alkyl halides is 3. The third-order valence-electron chi connectivity index (χ3n) is 5.68. The summed E-state index contributed by atoms with van der Waals surface area (Å²) in [5, 5.41) is 12.2. The van der Waals surface area contributed by atoms with Crippen molar-refractivity contribution in [3.8, 4) is 28.7 Å². The molecule has 4 N–H and O–H groups in total. The summed E-state index contributed by atoms with van der Waals surface area (Å²) in [5.41, 5.74) is 6.64. The molecule has 3 aromatic carbocycles. The Morgan fingerprint density at radius 3 is 2.29 bits per heavy atom. The van der Waals surface area contributed by atoms with Crippen molar-refractivity contribution in [1.82, 2.24) is 4.98 Å². The minimum atomic E-state index is -4.82. The van der Waals surface area contributed by atoms with Crippen molar-refractivity contribution in [3.05, 3.63) is 78.5 Å². The first-order valence-electron chi connectivity index (χ1n) is 12.1. The highest BCUT2D eigenvalue weighted by Gasteiger charge is 2.31. The van der Waals surface area contributed by atoms with Gasteiger partial charge in [0.25, 0.3) is 5.91 Å². The number of carbonyl (C=O) groups is 2. The van der Waals surface area contributed by atoms with Crippen LogP contribution in [-0.4, -0.2) is 48.1 Å². The fourth-order valence-electron chi connectivity index (χ4n) is 3.65. The van der Waals surface area contributed by atoms with E-state index in [-0.39, 0.29) is 18.6 Å². The summed E-state index contributed by atoms with van der Waals surface area (Å²) in [4.78, 5) is 27.7. The Hall–Kier alpha value is -5.04. The second-order valence-electron chi connectivity index (χ2n) is 8.56. The van der Waals surface area contributed by atoms with Crippen LogP contribution in [0, 0.1) is 0 Å². The number of pyridine rings is 1. The SMILES string of the molecule is COc1cc2c(Oc3ccc(NC(=O)c4ccc(OC(F)(F)F)cc4)cc3)ccnc2cc1OCCC(N)C(=O)O. The van der Waals surface area contributed by atoms with Crippen molar-refractivity contribution in [3.63, 3.8) is 0 Å². The van der Waals surface area contributed by atoms with Gasteiger partial charge in [0.15, 0.2) is 11.5 Å². The Morgan fingerprint density at radius 1 is 0.976 bits per heavy atom. The molecule has 214 valence electrons. The van der Waals surface area contributed by atoms with E-state index in [1.165, 1.54) is 19.2 Å². The first kappa shape index (κ1) is 29.0. The lowest BCUT2D eigenvalue weighted by Gasteiger charge is -2.15. The number of benzene rings is 3. The molecule has 1 unspecified atom stereocenters. The highest BCUT2D eigenvalue weighted by atomic mass is 19.4. The highest BCUT2D eigenvalue weighted by Crippen LogP contribution is 2.37. The van der Waals surface area contributed by atoms with Crippen LogP contribution in [0.15, 0.2) is 72.9 Å². The van der Waals surface area contributed by atoms with Crippen LogP contribution in [0.2, 0.25) is 0 Å². The number of carbonyl (C=O) groups excluding carboxylic acids is 1. The van der Waals surface area contributed by atoms with Gasteiger partial charge in [-0.05, 0) is 60.7 Å². The topological polar surface area (TPSA) is 142 Å². The van der Waals surface area contributed by atoms with Crippen molar-refractivity contribution in [1.29, 1.82) is 0 Å². The number of fused-ring (bicyclic) bond motifs is 1. The van der Waals surface area contributed by atoms with Gasteiger partial charge in [0.2, 0.25) is 0 Å². The predicted molar refractivity (Wildman–Crippen MR) is 142 cm³/mol. The van der Waals surface area contributed by atoms with Crippen LogP contribution in [0.1, 0.15) is 16.8 Å². The molecular formula is C28H24F3N3O7. The number of anilines is 1. The van der Waals surface area contributed by atoms with E-state index in [0.29, 0.717) is 39.6 Å². The molecule has 0 fully saturated rings. The molecule has 0 saturated carbocycles. The third-order valence-corrected chi connectivity index (χ3v) is 5.68.